The van der Waals surface area contributed by atoms with Gasteiger partial charge in [0.1, 0.15) is 15.8 Å². The summed E-state index contributed by atoms with van der Waals surface area (Å²) in [5.74, 6) is -1.22. The summed E-state index contributed by atoms with van der Waals surface area (Å²) >= 11 is 7.26. The highest BCUT2D eigenvalue weighted by molar-refractivity contribution is 7.18. The first-order chi connectivity index (χ1) is 11.8. The second-order valence-corrected chi connectivity index (χ2v) is 7.22. The summed E-state index contributed by atoms with van der Waals surface area (Å²) in [5, 5.41) is 12.6. The Labute approximate surface area is 152 Å². The molecule has 0 amide bonds. The second-order valence-electron chi connectivity index (χ2n) is 5.84. The fraction of sp³-hybridized carbons (Fsp3) is 0.235. The molecule has 4 nitrogen and oxygen atoms in total. The largest absolute Gasteiger partial charge is 0.368 e. The van der Waals surface area contributed by atoms with Gasteiger partial charge in [0.15, 0.2) is 11.6 Å². The van der Waals surface area contributed by atoms with Crippen LogP contribution >= 0.6 is 22.9 Å². The van der Waals surface area contributed by atoms with Gasteiger partial charge in [0.25, 0.3) is 0 Å². The van der Waals surface area contributed by atoms with Gasteiger partial charge in [-0.1, -0.05) is 22.9 Å². The highest BCUT2D eigenvalue weighted by Crippen LogP contribution is 2.35. The third-order valence-corrected chi connectivity index (χ3v) is 4.62. The zero-order valence-corrected chi connectivity index (χ0v) is 15.3. The number of aryl methyl sites for hydroxylation is 1. The van der Waals surface area contributed by atoms with Gasteiger partial charge in [-0.2, -0.15) is 0 Å². The normalized spacial score (nSPS) is 11.2. The van der Waals surface area contributed by atoms with Crippen molar-refractivity contribution in [3.8, 4) is 21.1 Å². The SMILES string of the molecule is Cc1cc(-c2nnc(-c3cc(F)c(F)cc3Cl)s2)cc(NC(C)C)n1. The van der Waals surface area contributed by atoms with Crippen LogP contribution in [0, 0.1) is 18.6 Å². The van der Waals surface area contributed by atoms with Gasteiger partial charge in [0, 0.05) is 22.9 Å². The van der Waals surface area contributed by atoms with Crippen LogP contribution in [0.3, 0.4) is 0 Å². The quantitative estimate of drug-likeness (QED) is 0.622. The van der Waals surface area contributed by atoms with Gasteiger partial charge in [-0.3, -0.25) is 0 Å². The molecule has 130 valence electrons. The van der Waals surface area contributed by atoms with Crippen molar-refractivity contribution in [3.05, 3.63) is 46.6 Å². The second kappa shape index (κ2) is 7.01. The lowest BCUT2D eigenvalue weighted by atomic mass is 10.2. The van der Waals surface area contributed by atoms with Gasteiger partial charge >= 0.3 is 0 Å². The molecule has 0 aliphatic carbocycles. The number of pyridine rings is 1. The molecule has 2 heterocycles. The van der Waals surface area contributed by atoms with E-state index in [0.29, 0.717) is 15.6 Å². The number of rotatable bonds is 4. The summed E-state index contributed by atoms with van der Waals surface area (Å²) in [6, 6.07) is 5.99. The summed E-state index contributed by atoms with van der Waals surface area (Å²) in [7, 11) is 0. The topological polar surface area (TPSA) is 50.7 Å². The van der Waals surface area contributed by atoms with E-state index < -0.39 is 11.6 Å². The van der Waals surface area contributed by atoms with E-state index in [-0.39, 0.29) is 11.1 Å². The lowest BCUT2D eigenvalue weighted by Gasteiger charge is -2.10. The monoisotopic (exact) mass is 380 g/mol. The smallest absolute Gasteiger partial charge is 0.160 e. The maximum atomic E-state index is 13.5. The molecule has 0 unspecified atom stereocenters. The first-order valence-electron chi connectivity index (χ1n) is 7.57. The van der Waals surface area contributed by atoms with E-state index in [9.17, 15) is 8.78 Å². The predicted molar refractivity (Wildman–Crippen MR) is 97.0 cm³/mol. The van der Waals surface area contributed by atoms with Gasteiger partial charge in [0.2, 0.25) is 0 Å². The standard InChI is InChI=1S/C17H15ClF2N4S/c1-8(2)21-15-5-10(4-9(3)22-15)16-23-24-17(25-16)11-6-13(19)14(20)7-12(11)18/h4-8H,1-3H3,(H,21,22). The number of halogens is 3. The molecule has 0 saturated carbocycles. The maximum absolute atomic E-state index is 13.5. The number of hydrogen-bond donors (Lipinski definition) is 1. The Morgan fingerprint density at radius 2 is 1.72 bits per heavy atom. The summed E-state index contributed by atoms with van der Waals surface area (Å²) in [5.41, 5.74) is 2.00. The van der Waals surface area contributed by atoms with Crippen molar-refractivity contribution >= 4 is 28.8 Å². The molecule has 2 aromatic heterocycles. The predicted octanol–water partition coefficient (Wildman–Crippen LogP) is 5.33. The lowest BCUT2D eigenvalue weighted by Crippen LogP contribution is -2.11. The Balaban J connectivity index is 1.99. The molecule has 8 heteroatoms. The van der Waals surface area contributed by atoms with E-state index in [1.54, 1.807) is 0 Å². The summed E-state index contributed by atoms with van der Waals surface area (Å²) < 4.78 is 26.7. The van der Waals surface area contributed by atoms with Crippen molar-refractivity contribution in [2.24, 2.45) is 0 Å². The zero-order chi connectivity index (χ0) is 18.1. The van der Waals surface area contributed by atoms with Crippen LogP contribution in [0.1, 0.15) is 19.5 Å². The van der Waals surface area contributed by atoms with Crippen LogP contribution < -0.4 is 5.32 Å². The minimum absolute atomic E-state index is 0.0923. The van der Waals surface area contributed by atoms with E-state index in [1.807, 2.05) is 32.9 Å². The van der Waals surface area contributed by atoms with E-state index in [1.165, 1.54) is 11.3 Å². The van der Waals surface area contributed by atoms with Crippen molar-refractivity contribution in [3.63, 3.8) is 0 Å². The Morgan fingerprint density at radius 1 is 1.04 bits per heavy atom. The number of aromatic nitrogens is 3. The molecule has 0 aliphatic heterocycles. The molecule has 0 bridgehead atoms. The molecule has 0 fully saturated rings. The average Bonchev–Trinajstić information content (AvgIpc) is 2.99. The van der Waals surface area contributed by atoms with Crippen molar-refractivity contribution in [1.29, 1.82) is 0 Å². The molecule has 25 heavy (non-hydrogen) atoms. The lowest BCUT2D eigenvalue weighted by molar-refractivity contribution is 0.509. The fourth-order valence-electron chi connectivity index (χ4n) is 2.30. The van der Waals surface area contributed by atoms with Crippen LogP contribution in [-0.2, 0) is 0 Å². The molecule has 0 spiro atoms. The summed E-state index contributed by atoms with van der Waals surface area (Å²) in [6.45, 7) is 5.94. The first-order valence-corrected chi connectivity index (χ1v) is 8.77. The number of anilines is 1. The van der Waals surface area contributed by atoms with Gasteiger partial charge in [-0.25, -0.2) is 13.8 Å². The first kappa shape index (κ1) is 17.7. The Kier molecular flexibility index (Phi) is 4.96. The fourth-order valence-corrected chi connectivity index (χ4v) is 3.45. The van der Waals surface area contributed by atoms with Gasteiger partial charge in [-0.05, 0) is 45.0 Å². The van der Waals surface area contributed by atoms with Crippen molar-refractivity contribution in [2.75, 3.05) is 5.32 Å². The van der Waals surface area contributed by atoms with Crippen molar-refractivity contribution in [1.82, 2.24) is 15.2 Å². The summed E-state index contributed by atoms with van der Waals surface area (Å²) in [4.78, 5) is 4.43. The van der Waals surface area contributed by atoms with Crippen LogP contribution in [0.25, 0.3) is 21.1 Å². The number of hydrogen-bond acceptors (Lipinski definition) is 5. The molecule has 1 N–H and O–H groups in total. The molecule has 0 saturated heterocycles. The highest BCUT2D eigenvalue weighted by atomic mass is 35.5. The molecule has 3 aromatic rings. The Morgan fingerprint density at radius 3 is 2.44 bits per heavy atom. The van der Waals surface area contributed by atoms with E-state index in [2.05, 4.69) is 20.5 Å². The van der Waals surface area contributed by atoms with E-state index in [0.717, 1.165) is 29.2 Å². The minimum Gasteiger partial charge on any atom is -0.368 e. The van der Waals surface area contributed by atoms with Crippen LogP contribution in [0.15, 0.2) is 24.3 Å². The third-order valence-electron chi connectivity index (χ3n) is 3.30. The van der Waals surface area contributed by atoms with E-state index >= 15 is 0 Å². The van der Waals surface area contributed by atoms with Crippen LogP contribution in [-0.4, -0.2) is 21.2 Å². The number of benzene rings is 1. The Bertz CT molecular complexity index is 927. The van der Waals surface area contributed by atoms with Crippen molar-refractivity contribution in [2.45, 2.75) is 26.8 Å². The zero-order valence-electron chi connectivity index (χ0n) is 13.8. The van der Waals surface area contributed by atoms with Crippen LogP contribution in [0.5, 0.6) is 0 Å². The highest BCUT2D eigenvalue weighted by Gasteiger charge is 2.16. The van der Waals surface area contributed by atoms with Gasteiger partial charge in [-0.15, -0.1) is 10.2 Å². The maximum Gasteiger partial charge on any atom is 0.160 e. The third kappa shape index (κ3) is 3.93. The molecule has 0 atom stereocenters. The van der Waals surface area contributed by atoms with Crippen LogP contribution in [0.4, 0.5) is 14.6 Å². The number of nitrogens with one attached hydrogen (secondary N) is 1. The number of nitrogens with zero attached hydrogens (tertiary/aromatic N) is 3. The molecule has 1 aromatic carbocycles. The molecule has 0 aliphatic rings. The minimum atomic E-state index is -0.993. The van der Waals surface area contributed by atoms with Crippen LogP contribution in [0.2, 0.25) is 5.02 Å². The molecule has 3 rings (SSSR count). The molecular formula is C17H15ClF2N4S. The van der Waals surface area contributed by atoms with Crippen molar-refractivity contribution < 1.29 is 8.78 Å². The molecular weight excluding hydrogens is 366 g/mol. The van der Waals surface area contributed by atoms with Gasteiger partial charge in [0.05, 0.1) is 5.02 Å². The Hall–Kier alpha value is -2.12. The van der Waals surface area contributed by atoms with Gasteiger partial charge < -0.3 is 5.32 Å². The molecule has 0 radical (unpaired) electrons. The average molecular weight is 381 g/mol. The summed E-state index contributed by atoms with van der Waals surface area (Å²) in [6.07, 6.45) is 0. The van der Waals surface area contributed by atoms with E-state index in [4.69, 9.17) is 11.6 Å².